The van der Waals surface area contributed by atoms with Crippen molar-refractivity contribution >= 4 is 28.7 Å². The summed E-state index contributed by atoms with van der Waals surface area (Å²) in [5.74, 6) is -1.28. The average Bonchev–Trinajstić information content (AvgIpc) is 3.23. The van der Waals surface area contributed by atoms with Gasteiger partial charge in [-0.05, 0) is 37.3 Å². The zero-order valence-electron chi connectivity index (χ0n) is 17.6. The molecule has 0 spiro atoms. The number of fused-ring (bicyclic) bond motifs is 1. The molecule has 8 heteroatoms. The van der Waals surface area contributed by atoms with Crippen LogP contribution >= 0.6 is 0 Å². The minimum Gasteiger partial charge on any atom is -0.462 e. The van der Waals surface area contributed by atoms with E-state index in [1.165, 1.54) is 34.7 Å². The van der Waals surface area contributed by atoms with Gasteiger partial charge in [-0.25, -0.2) is 4.79 Å². The number of nitro benzene ring substituents is 1. The van der Waals surface area contributed by atoms with E-state index >= 15 is 0 Å². The van der Waals surface area contributed by atoms with Gasteiger partial charge in [0.15, 0.2) is 5.78 Å². The van der Waals surface area contributed by atoms with E-state index < -0.39 is 16.7 Å². The summed E-state index contributed by atoms with van der Waals surface area (Å²) in [5.41, 5.74) is 1.59. The Hall–Kier alpha value is -4.59. The quantitative estimate of drug-likeness (QED) is 0.181. The zero-order valence-corrected chi connectivity index (χ0v) is 17.6. The van der Waals surface area contributed by atoms with E-state index in [1.807, 2.05) is 6.07 Å². The number of nitrogens with zero attached hydrogens (tertiary/aromatic N) is 2. The van der Waals surface area contributed by atoms with Gasteiger partial charge < -0.3 is 9.14 Å². The molecule has 0 fully saturated rings. The maximum atomic E-state index is 13.2. The molecule has 0 aliphatic rings. The molecule has 2 heterocycles. The molecule has 0 atom stereocenters. The number of nitro groups is 1. The van der Waals surface area contributed by atoms with E-state index in [-0.39, 0.29) is 34.9 Å². The second-order valence-electron chi connectivity index (χ2n) is 7.16. The first kappa shape index (κ1) is 21.6. The molecule has 4 rings (SSSR count). The maximum absolute atomic E-state index is 13.2. The van der Waals surface area contributed by atoms with Gasteiger partial charge in [0.2, 0.25) is 5.78 Å². The summed E-state index contributed by atoms with van der Waals surface area (Å²) in [6.07, 6.45) is 1.55. The van der Waals surface area contributed by atoms with Crippen molar-refractivity contribution < 1.29 is 24.0 Å². The van der Waals surface area contributed by atoms with Crippen LogP contribution < -0.4 is 0 Å². The van der Waals surface area contributed by atoms with Crippen LogP contribution in [0.15, 0.2) is 79.0 Å². The normalized spacial score (nSPS) is 10.7. The molecule has 164 valence electrons. The molecule has 2 aromatic heterocycles. The lowest BCUT2D eigenvalue weighted by Gasteiger charge is -2.06. The van der Waals surface area contributed by atoms with Crippen LogP contribution in [0.3, 0.4) is 0 Å². The number of carbonyl (C=O) groups excluding carboxylic acids is 3. The fourth-order valence-electron chi connectivity index (χ4n) is 3.52. The molecule has 0 bridgehead atoms. The van der Waals surface area contributed by atoms with E-state index in [2.05, 4.69) is 0 Å². The fraction of sp³-hybridized carbons (Fsp3) is 0.0800. The van der Waals surface area contributed by atoms with Crippen molar-refractivity contribution in [1.82, 2.24) is 4.40 Å². The first-order valence-corrected chi connectivity index (χ1v) is 10.1. The van der Waals surface area contributed by atoms with Gasteiger partial charge in [0.25, 0.3) is 5.69 Å². The average molecular weight is 442 g/mol. The lowest BCUT2D eigenvalue weighted by Crippen LogP contribution is -2.07. The number of hydrogen-bond donors (Lipinski definition) is 0. The van der Waals surface area contributed by atoms with E-state index in [0.29, 0.717) is 16.6 Å². The highest BCUT2D eigenvalue weighted by Gasteiger charge is 2.23. The van der Waals surface area contributed by atoms with E-state index in [1.54, 1.807) is 49.5 Å². The summed E-state index contributed by atoms with van der Waals surface area (Å²) in [6, 6.07) is 18.4. The van der Waals surface area contributed by atoms with E-state index in [4.69, 9.17) is 4.74 Å². The van der Waals surface area contributed by atoms with Gasteiger partial charge in [0.1, 0.15) is 0 Å². The molecule has 0 saturated carbocycles. The lowest BCUT2D eigenvalue weighted by atomic mass is 10.0. The minimum atomic E-state index is -0.623. The summed E-state index contributed by atoms with van der Waals surface area (Å²) >= 11 is 0. The molecular formula is C25H18N2O6. The second kappa shape index (κ2) is 8.88. The Morgan fingerprint density at radius 2 is 1.55 bits per heavy atom. The molecule has 0 radical (unpaired) electrons. The minimum absolute atomic E-state index is 0.136. The largest absolute Gasteiger partial charge is 0.462 e. The van der Waals surface area contributed by atoms with Crippen molar-refractivity contribution in [2.24, 2.45) is 0 Å². The molecule has 0 unspecified atom stereocenters. The second-order valence-corrected chi connectivity index (χ2v) is 7.16. The predicted octanol–water partition coefficient (Wildman–Crippen LogP) is 4.49. The van der Waals surface area contributed by atoms with Crippen LogP contribution in [0.25, 0.3) is 5.52 Å². The van der Waals surface area contributed by atoms with Gasteiger partial charge in [-0.3, -0.25) is 19.7 Å². The SMILES string of the molecule is CCOC(=O)c1cc(C(=O)c2ccc([N+](=O)[O-])cc2)n2ccc(C(=O)c3ccccc3)cc12. The smallest absolute Gasteiger partial charge is 0.340 e. The topological polar surface area (TPSA) is 108 Å². The number of non-ortho nitro benzene ring substituents is 1. The number of aromatic nitrogens is 1. The van der Waals surface area contributed by atoms with Gasteiger partial charge in [0, 0.05) is 35.0 Å². The molecule has 33 heavy (non-hydrogen) atoms. The van der Waals surface area contributed by atoms with Gasteiger partial charge in [-0.1, -0.05) is 30.3 Å². The van der Waals surface area contributed by atoms with E-state index in [9.17, 15) is 24.5 Å². The Labute approximate surface area is 188 Å². The molecule has 0 aliphatic carbocycles. The maximum Gasteiger partial charge on any atom is 0.340 e. The highest BCUT2D eigenvalue weighted by Crippen LogP contribution is 2.24. The molecule has 0 N–H and O–H groups in total. The Kier molecular flexibility index (Phi) is 5.82. The van der Waals surface area contributed by atoms with Gasteiger partial charge in [-0.2, -0.15) is 0 Å². The number of benzene rings is 2. The third-order valence-electron chi connectivity index (χ3n) is 5.14. The van der Waals surface area contributed by atoms with Crippen molar-refractivity contribution in [2.75, 3.05) is 6.61 Å². The monoisotopic (exact) mass is 442 g/mol. The summed E-state index contributed by atoms with van der Waals surface area (Å²) in [4.78, 5) is 49.0. The summed E-state index contributed by atoms with van der Waals surface area (Å²) in [6.45, 7) is 1.81. The third kappa shape index (κ3) is 4.14. The van der Waals surface area contributed by atoms with Crippen molar-refractivity contribution in [1.29, 1.82) is 0 Å². The first-order chi connectivity index (χ1) is 15.9. The number of ketones is 2. The Morgan fingerprint density at radius 3 is 2.18 bits per heavy atom. The first-order valence-electron chi connectivity index (χ1n) is 10.1. The van der Waals surface area contributed by atoms with Crippen LogP contribution in [-0.2, 0) is 4.74 Å². The molecule has 8 nitrogen and oxygen atoms in total. The fourth-order valence-corrected chi connectivity index (χ4v) is 3.52. The zero-order chi connectivity index (χ0) is 23.5. The van der Waals surface area contributed by atoms with Crippen LogP contribution in [0, 0.1) is 10.1 Å². The van der Waals surface area contributed by atoms with Gasteiger partial charge in [0.05, 0.1) is 28.3 Å². The summed E-state index contributed by atoms with van der Waals surface area (Å²) in [7, 11) is 0. The molecule has 2 aromatic carbocycles. The van der Waals surface area contributed by atoms with Crippen LogP contribution in [0.5, 0.6) is 0 Å². The molecule has 0 saturated heterocycles. The van der Waals surface area contributed by atoms with E-state index in [0.717, 1.165) is 0 Å². The lowest BCUT2D eigenvalue weighted by molar-refractivity contribution is -0.384. The number of pyridine rings is 1. The van der Waals surface area contributed by atoms with Crippen molar-refractivity contribution in [3.05, 3.63) is 117 Å². The summed E-state index contributed by atoms with van der Waals surface area (Å²) in [5, 5.41) is 10.9. The van der Waals surface area contributed by atoms with Crippen LogP contribution in [0.2, 0.25) is 0 Å². The number of ether oxygens (including phenoxy) is 1. The standard InChI is InChI=1S/C25H18N2O6/c1-2-33-25(30)20-15-22(24(29)17-8-10-19(11-9-17)27(31)32)26-13-12-18(14-21(20)26)23(28)16-6-4-3-5-7-16/h3-15H,2H2,1H3. The van der Waals surface area contributed by atoms with Crippen molar-refractivity contribution in [3.8, 4) is 0 Å². The number of rotatable bonds is 7. The number of hydrogen-bond acceptors (Lipinski definition) is 6. The Balaban J connectivity index is 1.82. The van der Waals surface area contributed by atoms with Gasteiger partial charge in [-0.15, -0.1) is 0 Å². The van der Waals surface area contributed by atoms with Gasteiger partial charge >= 0.3 is 5.97 Å². The Bertz CT molecular complexity index is 1390. The third-order valence-corrected chi connectivity index (χ3v) is 5.14. The molecule has 0 amide bonds. The molecule has 0 aliphatic heterocycles. The van der Waals surface area contributed by atoms with Crippen LogP contribution in [-0.4, -0.2) is 33.5 Å². The molecule has 4 aromatic rings. The summed E-state index contributed by atoms with van der Waals surface area (Å²) < 4.78 is 6.65. The van der Waals surface area contributed by atoms with Crippen molar-refractivity contribution in [3.63, 3.8) is 0 Å². The van der Waals surface area contributed by atoms with Crippen molar-refractivity contribution in [2.45, 2.75) is 6.92 Å². The Morgan fingerprint density at radius 1 is 0.879 bits per heavy atom. The highest BCUT2D eigenvalue weighted by atomic mass is 16.6. The molecular weight excluding hydrogens is 424 g/mol. The van der Waals surface area contributed by atoms with Crippen LogP contribution in [0.4, 0.5) is 5.69 Å². The van der Waals surface area contributed by atoms with Crippen LogP contribution in [0.1, 0.15) is 49.3 Å². The number of carbonyl (C=O) groups is 3. The highest BCUT2D eigenvalue weighted by molar-refractivity contribution is 6.13. The predicted molar refractivity (Wildman–Crippen MR) is 120 cm³/mol. The number of esters is 1.